The number of halogens is 1. The number of aromatic nitrogens is 2. The van der Waals surface area contributed by atoms with Crippen molar-refractivity contribution in [3.63, 3.8) is 0 Å². The molecule has 2 aromatic rings. The summed E-state index contributed by atoms with van der Waals surface area (Å²) in [6.45, 7) is 3.49. The summed E-state index contributed by atoms with van der Waals surface area (Å²) in [6.07, 6.45) is 4.25. The number of nitrogens with one attached hydrogen (secondary N) is 1. The van der Waals surface area contributed by atoms with Crippen molar-refractivity contribution in [3.05, 3.63) is 40.5 Å². The number of rotatable bonds is 6. The fraction of sp³-hybridized carbons (Fsp3) is 0.560. The quantitative estimate of drug-likeness (QED) is 0.623. The van der Waals surface area contributed by atoms with Crippen LogP contribution in [-0.2, 0) is 20.8 Å². The molecule has 0 spiro atoms. The summed E-state index contributed by atoms with van der Waals surface area (Å²) in [5.74, 6) is 0.535. The van der Waals surface area contributed by atoms with E-state index in [2.05, 4.69) is 15.3 Å². The molecular formula is C25H32ClN5O4. The van der Waals surface area contributed by atoms with E-state index in [1.54, 1.807) is 16.0 Å². The summed E-state index contributed by atoms with van der Waals surface area (Å²) in [5.41, 5.74) is 3.18. The van der Waals surface area contributed by atoms with E-state index in [1.165, 1.54) is 0 Å². The molecule has 1 amide bonds. The van der Waals surface area contributed by atoms with Gasteiger partial charge in [-0.05, 0) is 37.3 Å². The summed E-state index contributed by atoms with van der Waals surface area (Å²) in [5, 5.41) is 14.9. The number of hydrogen-bond donors (Lipinski definition) is 2. The van der Waals surface area contributed by atoms with E-state index in [0.29, 0.717) is 36.4 Å². The van der Waals surface area contributed by atoms with Gasteiger partial charge in [-0.1, -0.05) is 23.7 Å². The van der Waals surface area contributed by atoms with E-state index >= 15 is 0 Å². The molecule has 2 N–H and O–H groups in total. The van der Waals surface area contributed by atoms with E-state index in [4.69, 9.17) is 21.1 Å². The van der Waals surface area contributed by atoms with Gasteiger partial charge in [-0.2, -0.15) is 0 Å². The first-order valence-electron chi connectivity index (χ1n) is 12.2. The van der Waals surface area contributed by atoms with Crippen LogP contribution in [0.2, 0.25) is 5.02 Å². The van der Waals surface area contributed by atoms with E-state index in [9.17, 15) is 9.90 Å². The molecule has 0 saturated carbocycles. The smallest absolute Gasteiger partial charge is 0.236 e. The number of fused-ring (bicyclic) bond motifs is 1. The van der Waals surface area contributed by atoms with Gasteiger partial charge in [0.05, 0.1) is 23.5 Å². The van der Waals surface area contributed by atoms with Gasteiger partial charge in [-0.15, -0.1) is 0 Å². The molecule has 1 aromatic heterocycles. The topological polar surface area (TPSA) is 100 Å². The van der Waals surface area contributed by atoms with Crippen molar-refractivity contribution in [3.8, 4) is 11.3 Å². The maximum atomic E-state index is 12.9. The first-order chi connectivity index (χ1) is 17.0. The zero-order chi connectivity index (χ0) is 24.4. The molecule has 1 aromatic carbocycles. The van der Waals surface area contributed by atoms with E-state index in [-0.39, 0.29) is 24.5 Å². The lowest BCUT2D eigenvalue weighted by Gasteiger charge is -2.32. The molecule has 3 aliphatic rings. The molecule has 0 aliphatic carbocycles. The second kappa shape index (κ2) is 10.8. The maximum absolute atomic E-state index is 12.9. The molecule has 35 heavy (non-hydrogen) atoms. The summed E-state index contributed by atoms with van der Waals surface area (Å²) >= 11 is 6.46. The highest BCUT2D eigenvalue weighted by molar-refractivity contribution is 6.32. The largest absolute Gasteiger partial charge is 0.381 e. The number of aliphatic hydroxyl groups excluding tert-OH is 1. The number of hydrogen-bond acceptors (Lipinski definition) is 8. The molecule has 9 nitrogen and oxygen atoms in total. The van der Waals surface area contributed by atoms with E-state index in [1.807, 2.05) is 25.2 Å². The van der Waals surface area contributed by atoms with E-state index in [0.717, 1.165) is 55.6 Å². The standard InChI is InChI=1S/C25H32ClN5O4/c1-30(19-6-10-35-11-7-19)22(32)15-31-14-17-3-2-16(12-20(17)24(31)33)23-21(26)13-27-25(29-23)28-18-4-8-34-9-5-18/h2-3,12-13,18-19,24,33H,4-11,14-15H2,1H3,(H,27,28,29). The molecule has 10 heteroatoms. The number of carbonyl (C=O) groups is 1. The normalized spacial score (nSPS) is 21.6. The highest BCUT2D eigenvalue weighted by Crippen LogP contribution is 2.36. The lowest BCUT2D eigenvalue weighted by Crippen LogP contribution is -2.45. The molecule has 4 heterocycles. The Morgan fingerprint density at radius 2 is 1.91 bits per heavy atom. The number of anilines is 1. The third-order valence-corrected chi connectivity index (χ3v) is 7.46. The van der Waals surface area contributed by atoms with Crippen LogP contribution in [0, 0.1) is 0 Å². The van der Waals surface area contributed by atoms with Crippen LogP contribution in [0.5, 0.6) is 0 Å². The summed E-state index contributed by atoms with van der Waals surface area (Å²) in [6, 6.07) is 6.31. The SMILES string of the molecule is CN(C(=O)CN1Cc2ccc(-c3nc(NC4CCOCC4)ncc3Cl)cc2C1O)C1CCOCC1. The van der Waals surface area contributed by atoms with Crippen LogP contribution in [0.1, 0.15) is 43.0 Å². The molecule has 0 bridgehead atoms. The van der Waals surface area contributed by atoms with Gasteiger partial charge < -0.3 is 24.8 Å². The maximum Gasteiger partial charge on any atom is 0.236 e. The Labute approximate surface area is 210 Å². The highest BCUT2D eigenvalue weighted by atomic mass is 35.5. The Morgan fingerprint density at radius 3 is 2.66 bits per heavy atom. The van der Waals surface area contributed by atoms with Gasteiger partial charge in [-0.25, -0.2) is 9.97 Å². The Balaban J connectivity index is 1.29. The van der Waals surface area contributed by atoms with E-state index < -0.39 is 6.23 Å². The molecule has 3 aliphatic heterocycles. The van der Waals surface area contributed by atoms with Gasteiger partial charge in [0.1, 0.15) is 6.23 Å². The van der Waals surface area contributed by atoms with Crippen molar-refractivity contribution in [1.29, 1.82) is 0 Å². The molecular weight excluding hydrogens is 470 g/mol. The summed E-state index contributed by atoms with van der Waals surface area (Å²) in [4.78, 5) is 25.5. The minimum Gasteiger partial charge on any atom is -0.381 e. The minimum absolute atomic E-state index is 0.00616. The van der Waals surface area contributed by atoms with Crippen LogP contribution in [0.15, 0.2) is 24.4 Å². The van der Waals surface area contributed by atoms with Crippen molar-refractivity contribution in [2.45, 2.75) is 50.5 Å². The minimum atomic E-state index is -0.863. The number of likely N-dealkylation sites (N-methyl/N-ethyl adjacent to an activating group) is 1. The molecule has 5 rings (SSSR count). The average Bonchev–Trinajstić information content (AvgIpc) is 3.20. The molecule has 188 valence electrons. The van der Waals surface area contributed by atoms with Crippen molar-refractivity contribution in [2.24, 2.45) is 0 Å². The predicted octanol–water partition coefficient (Wildman–Crippen LogP) is 2.83. The second-order valence-electron chi connectivity index (χ2n) is 9.46. The van der Waals surface area contributed by atoms with Crippen LogP contribution in [0.4, 0.5) is 5.95 Å². The predicted molar refractivity (Wildman–Crippen MR) is 132 cm³/mol. The Hall–Kier alpha value is -2.30. The van der Waals surface area contributed by atoms with Gasteiger partial charge >= 0.3 is 0 Å². The molecule has 2 saturated heterocycles. The zero-order valence-electron chi connectivity index (χ0n) is 20.0. The van der Waals surface area contributed by atoms with Crippen molar-refractivity contribution < 1.29 is 19.4 Å². The number of carbonyl (C=O) groups excluding carboxylic acids is 1. The molecule has 0 radical (unpaired) electrons. The lowest BCUT2D eigenvalue weighted by atomic mass is 10.0. The summed E-state index contributed by atoms with van der Waals surface area (Å²) < 4.78 is 10.8. The van der Waals surface area contributed by atoms with Gasteiger partial charge in [0, 0.05) is 63.2 Å². The average molecular weight is 502 g/mol. The third-order valence-electron chi connectivity index (χ3n) is 7.19. The third kappa shape index (κ3) is 5.44. The van der Waals surface area contributed by atoms with Gasteiger partial charge in [0.2, 0.25) is 11.9 Å². The molecule has 2 fully saturated rings. The van der Waals surface area contributed by atoms with Crippen LogP contribution >= 0.6 is 11.6 Å². The second-order valence-corrected chi connectivity index (χ2v) is 9.87. The monoisotopic (exact) mass is 501 g/mol. The zero-order valence-corrected chi connectivity index (χ0v) is 20.7. The molecule has 1 unspecified atom stereocenters. The van der Waals surface area contributed by atoms with Crippen LogP contribution in [0.3, 0.4) is 0 Å². The molecule has 1 atom stereocenters. The lowest BCUT2D eigenvalue weighted by molar-refractivity contribution is -0.137. The fourth-order valence-electron chi connectivity index (χ4n) is 5.00. The number of nitrogens with zero attached hydrogens (tertiary/aromatic N) is 4. The number of benzene rings is 1. The van der Waals surface area contributed by atoms with Gasteiger partial charge in [0.15, 0.2) is 0 Å². The number of aliphatic hydroxyl groups is 1. The van der Waals surface area contributed by atoms with Crippen molar-refractivity contribution >= 4 is 23.5 Å². The Kier molecular flexibility index (Phi) is 7.50. The summed E-state index contributed by atoms with van der Waals surface area (Å²) in [7, 11) is 1.84. The van der Waals surface area contributed by atoms with Crippen molar-refractivity contribution in [2.75, 3.05) is 45.3 Å². The van der Waals surface area contributed by atoms with Crippen LogP contribution in [0.25, 0.3) is 11.3 Å². The van der Waals surface area contributed by atoms with Gasteiger partial charge in [0.25, 0.3) is 0 Å². The number of ether oxygens (including phenoxy) is 2. The number of amides is 1. The first-order valence-corrected chi connectivity index (χ1v) is 12.6. The van der Waals surface area contributed by atoms with Crippen LogP contribution < -0.4 is 5.32 Å². The Morgan fingerprint density at radius 1 is 1.20 bits per heavy atom. The fourth-order valence-corrected chi connectivity index (χ4v) is 5.20. The Bertz CT molecular complexity index is 1060. The first kappa shape index (κ1) is 24.4. The van der Waals surface area contributed by atoms with Gasteiger partial charge in [-0.3, -0.25) is 9.69 Å². The van der Waals surface area contributed by atoms with Crippen molar-refractivity contribution in [1.82, 2.24) is 19.8 Å². The van der Waals surface area contributed by atoms with Crippen LogP contribution in [-0.4, -0.2) is 82.9 Å². The highest BCUT2D eigenvalue weighted by Gasteiger charge is 2.32.